The first-order valence-corrected chi connectivity index (χ1v) is 15.0. The number of aliphatic hydroxyl groups is 1. The summed E-state index contributed by atoms with van der Waals surface area (Å²) in [6.07, 6.45) is 6.96. The smallest absolute Gasteiger partial charge is 0.326 e. The number of carbonyl (C=O) groups excluding carboxylic acids is 1. The van der Waals surface area contributed by atoms with Gasteiger partial charge in [-0.1, -0.05) is 86.0 Å². The fourth-order valence-electron chi connectivity index (χ4n) is 6.16. The predicted molar refractivity (Wildman–Crippen MR) is 163 cm³/mol. The number of nitrogens with one attached hydrogen (secondary N) is 2. The van der Waals surface area contributed by atoms with E-state index in [1.54, 1.807) is 6.20 Å². The number of amides is 1. The summed E-state index contributed by atoms with van der Waals surface area (Å²) in [4.78, 5) is 29.3. The molecule has 0 saturated heterocycles. The molecule has 3 atom stereocenters. The molecule has 4 N–H and O–H groups in total. The van der Waals surface area contributed by atoms with Gasteiger partial charge in [-0.25, -0.2) is 4.79 Å². The number of carboxylic acid groups (broad SMARTS) is 1. The summed E-state index contributed by atoms with van der Waals surface area (Å²) in [7, 11) is 0. The Hall–Kier alpha value is -4.10. The number of carboxylic acids is 1. The number of para-hydroxylation sites is 2. The van der Waals surface area contributed by atoms with Crippen molar-refractivity contribution in [2.24, 2.45) is 11.8 Å². The third-order valence-electron chi connectivity index (χ3n) is 8.53. The standard InChI is InChI=1S/C35H40N2O5/c38-33(26-14-5-2-6-15-26)29(20-19-25-13-7-10-18-32(25)42-23-24-11-3-1-4-12-24)34(39)37-31(35(40)41)21-27-22-36-30-17-9-8-16-28(27)30/h1,3-4,7-13,16-18,22,26,29,31,33,36,38H,2,5-6,14-15,19-21,23H2,(H,37,39)(H,40,41)/t29?,31-,33?/m0/s1. The zero-order chi connectivity index (χ0) is 29.3. The summed E-state index contributed by atoms with van der Waals surface area (Å²) in [6.45, 7) is 0.431. The van der Waals surface area contributed by atoms with E-state index in [1.165, 1.54) is 0 Å². The number of ether oxygens (including phenoxy) is 1. The maximum absolute atomic E-state index is 13.8. The highest BCUT2D eigenvalue weighted by Gasteiger charge is 2.35. The molecular weight excluding hydrogens is 528 g/mol. The van der Waals surface area contributed by atoms with Crippen LogP contribution in [0.25, 0.3) is 10.9 Å². The quantitative estimate of drug-likeness (QED) is 0.157. The Morgan fingerprint density at radius 1 is 0.905 bits per heavy atom. The summed E-state index contributed by atoms with van der Waals surface area (Å²) in [5.74, 6) is -1.48. The minimum Gasteiger partial charge on any atom is -0.489 e. The average Bonchev–Trinajstić information content (AvgIpc) is 3.43. The van der Waals surface area contributed by atoms with Gasteiger partial charge in [0.2, 0.25) is 5.91 Å². The number of aromatic nitrogens is 1. The fourth-order valence-corrected chi connectivity index (χ4v) is 6.16. The van der Waals surface area contributed by atoms with E-state index in [2.05, 4.69) is 10.3 Å². The van der Waals surface area contributed by atoms with Crippen molar-refractivity contribution in [3.63, 3.8) is 0 Å². The maximum Gasteiger partial charge on any atom is 0.326 e. The molecule has 0 aliphatic heterocycles. The van der Waals surface area contributed by atoms with Gasteiger partial charge < -0.3 is 25.3 Å². The van der Waals surface area contributed by atoms with Gasteiger partial charge in [0.1, 0.15) is 18.4 Å². The third-order valence-corrected chi connectivity index (χ3v) is 8.53. The second-order valence-corrected chi connectivity index (χ2v) is 11.4. The van der Waals surface area contributed by atoms with E-state index >= 15 is 0 Å². The number of aliphatic hydroxyl groups excluding tert-OH is 1. The first kappa shape index (κ1) is 29.4. The van der Waals surface area contributed by atoms with Crippen LogP contribution < -0.4 is 10.1 Å². The number of carbonyl (C=O) groups is 2. The largest absolute Gasteiger partial charge is 0.489 e. The second kappa shape index (κ2) is 14.2. The number of hydrogen-bond donors (Lipinski definition) is 4. The van der Waals surface area contributed by atoms with Gasteiger partial charge in [0, 0.05) is 23.5 Å². The number of fused-ring (bicyclic) bond motifs is 1. The average molecular weight is 569 g/mol. The highest BCUT2D eigenvalue weighted by atomic mass is 16.5. The zero-order valence-electron chi connectivity index (χ0n) is 23.9. The lowest BCUT2D eigenvalue weighted by Gasteiger charge is -2.32. The highest BCUT2D eigenvalue weighted by Crippen LogP contribution is 2.32. The van der Waals surface area contributed by atoms with Crippen molar-refractivity contribution < 1.29 is 24.5 Å². The Morgan fingerprint density at radius 2 is 1.62 bits per heavy atom. The summed E-state index contributed by atoms with van der Waals surface area (Å²) in [5, 5.41) is 25.3. The lowest BCUT2D eigenvalue weighted by molar-refractivity contribution is -0.143. The Morgan fingerprint density at radius 3 is 2.40 bits per heavy atom. The van der Waals surface area contributed by atoms with Crippen LogP contribution in [0, 0.1) is 11.8 Å². The number of aryl methyl sites for hydroxylation is 1. The third kappa shape index (κ3) is 7.39. The molecule has 4 aromatic rings. The topological polar surface area (TPSA) is 112 Å². The Kier molecular flexibility index (Phi) is 9.93. The van der Waals surface area contributed by atoms with Gasteiger partial charge in [0.25, 0.3) is 0 Å². The van der Waals surface area contributed by atoms with Gasteiger partial charge in [-0.15, -0.1) is 0 Å². The van der Waals surface area contributed by atoms with Gasteiger partial charge in [0.15, 0.2) is 0 Å². The van der Waals surface area contributed by atoms with Crippen LogP contribution in [-0.4, -0.2) is 39.2 Å². The van der Waals surface area contributed by atoms with Crippen molar-refractivity contribution in [1.82, 2.24) is 10.3 Å². The van der Waals surface area contributed by atoms with Crippen LogP contribution in [0.2, 0.25) is 0 Å². The molecule has 1 heterocycles. The lowest BCUT2D eigenvalue weighted by Crippen LogP contribution is -2.49. The molecule has 7 heteroatoms. The van der Waals surface area contributed by atoms with Crippen LogP contribution in [0.4, 0.5) is 0 Å². The van der Waals surface area contributed by atoms with Crippen LogP contribution in [-0.2, 0) is 29.0 Å². The van der Waals surface area contributed by atoms with Gasteiger partial charge in [-0.2, -0.15) is 0 Å². The molecule has 7 nitrogen and oxygen atoms in total. The van der Waals surface area contributed by atoms with E-state index in [1.807, 2.05) is 78.9 Å². The van der Waals surface area contributed by atoms with Crippen molar-refractivity contribution in [2.45, 2.75) is 70.1 Å². The number of hydrogen-bond acceptors (Lipinski definition) is 4. The zero-order valence-corrected chi connectivity index (χ0v) is 23.9. The summed E-state index contributed by atoms with van der Waals surface area (Å²) in [6, 6.07) is 24.3. The van der Waals surface area contributed by atoms with Gasteiger partial charge >= 0.3 is 5.97 Å². The van der Waals surface area contributed by atoms with Gasteiger partial charge in [0.05, 0.1) is 12.0 Å². The van der Waals surface area contributed by atoms with E-state index in [0.29, 0.717) is 19.4 Å². The second-order valence-electron chi connectivity index (χ2n) is 11.4. The van der Waals surface area contributed by atoms with Crippen LogP contribution >= 0.6 is 0 Å². The molecule has 3 aromatic carbocycles. The summed E-state index contributed by atoms with van der Waals surface area (Å²) >= 11 is 0. The molecule has 1 aromatic heterocycles. The van der Waals surface area contributed by atoms with E-state index in [9.17, 15) is 19.8 Å². The molecule has 0 bridgehead atoms. The summed E-state index contributed by atoms with van der Waals surface area (Å²) < 4.78 is 6.14. The molecule has 1 fully saturated rings. The molecular formula is C35H40N2O5. The molecule has 2 unspecified atom stereocenters. The number of benzene rings is 3. The summed E-state index contributed by atoms with van der Waals surface area (Å²) in [5.41, 5.74) is 3.76. The van der Waals surface area contributed by atoms with Crippen LogP contribution in [0.15, 0.2) is 85.1 Å². The molecule has 0 radical (unpaired) electrons. The van der Waals surface area contributed by atoms with Crippen molar-refractivity contribution in [3.05, 3.63) is 102 Å². The van der Waals surface area contributed by atoms with Gasteiger partial charge in [-0.05, 0) is 60.4 Å². The first-order valence-electron chi connectivity index (χ1n) is 15.0. The van der Waals surface area contributed by atoms with E-state index in [-0.39, 0.29) is 12.3 Å². The SMILES string of the molecule is O=C(N[C@@H](Cc1c[nH]c2ccccc12)C(=O)O)C(CCc1ccccc1OCc1ccccc1)C(O)C1CCCCC1. The molecule has 220 valence electrons. The van der Waals surface area contributed by atoms with Crippen molar-refractivity contribution in [3.8, 4) is 5.75 Å². The van der Waals surface area contributed by atoms with Crippen LogP contribution in [0.3, 0.4) is 0 Å². The Labute approximate surface area is 246 Å². The van der Waals surface area contributed by atoms with E-state index < -0.39 is 29.9 Å². The molecule has 42 heavy (non-hydrogen) atoms. The molecule has 1 aliphatic rings. The van der Waals surface area contributed by atoms with Gasteiger partial charge in [-0.3, -0.25) is 4.79 Å². The van der Waals surface area contributed by atoms with Crippen molar-refractivity contribution in [1.29, 1.82) is 0 Å². The molecule has 1 amide bonds. The first-order chi connectivity index (χ1) is 20.5. The maximum atomic E-state index is 13.8. The normalized spacial score (nSPS) is 16.0. The Bertz CT molecular complexity index is 1460. The number of aliphatic carboxylic acids is 1. The van der Waals surface area contributed by atoms with Crippen LogP contribution in [0.5, 0.6) is 5.75 Å². The molecule has 1 saturated carbocycles. The highest BCUT2D eigenvalue weighted by molar-refractivity contribution is 5.87. The minimum absolute atomic E-state index is 0.0240. The minimum atomic E-state index is -1.11. The monoisotopic (exact) mass is 568 g/mol. The fraction of sp³-hybridized carbons (Fsp3) is 0.371. The van der Waals surface area contributed by atoms with Crippen molar-refractivity contribution >= 4 is 22.8 Å². The van der Waals surface area contributed by atoms with Crippen LogP contribution in [0.1, 0.15) is 55.2 Å². The van der Waals surface area contributed by atoms with Crippen molar-refractivity contribution in [2.75, 3.05) is 0 Å². The number of rotatable bonds is 13. The number of aromatic amines is 1. The Balaban J connectivity index is 1.31. The van der Waals surface area contributed by atoms with E-state index in [0.717, 1.165) is 65.4 Å². The number of H-pyrrole nitrogens is 1. The molecule has 0 spiro atoms. The predicted octanol–water partition coefficient (Wildman–Crippen LogP) is 6.05. The van der Waals surface area contributed by atoms with E-state index in [4.69, 9.17) is 4.74 Å². The lowest BCUT2D eigenvalue weighted by atomic mass is 9.78. The molecule has 5 rings (SSSR count). The molecule has 1 aliphatic carbocycles.